The number of hydrogen-bond donors (Lipinski definition) is 0. The molecule has 0 aliphatic heterocycles. The summed E-state index contributed by atoms with van der Waals surface area (Å²) in [6.07, 6.45) is 3.63. The Hall–Kier alpha value is -0.380. The molecule has 2 rings (SSSR count). The van der Waals surface area contributed by atoms with Gasteiger partial charge in [0.2, 0.25) is 5.78 Å². The van der Waals surface area contributed by atoms with Crippen LogP contribution in [-0.2, 0) is 4.74 Å². The van der Waals surface area contributed by atoms with E-state index in [0.717, 1.165) is 25.7 Å². The van der Waals surface area contributed by atoms with Crippen molar-refractivity contribution in [2.45, 2.75) is 45.1 Å². The number of rotatable bonds is 3. The van der Waals surface area contributed by atoms with E-state index >= 15 is 0 Å². The summed E-state index contributed by atoms with van der Waals surface area (Å²) in [5.41, 5.74) is -0.320. The maximum absolute atomic E-state index is 12.6. The van der Waals surface area contributed by atoms with Crippen LogP contribution in [0.1, 0.15) is 49.2 Å². The molecular weight excluding hydrogens is 268 g/mol. The van der Waals surface area contributed by atoms with Gasteiger partial charge >= 0.3 is 0 Å². The maximum atomic E-state index is 12.6. The largest absolute Gasteiger partial charge is 0.370 e. The normalized spacial score (nSPS) is 21.8. The van der Waals surface area contributed by atoms with Crippen molar-refractivity contribution in [1.82, 2.24) is 0 Å². The summed E-state index contributed by atoms with van der Waals surface area (Å²) in [4.78, 5) is 13.3. The highest BCUT2D eigenvalue weighted by Crippen LogP contribution is 2.43. The number of halogens is 1. The zero-order valence-electron chi connectivity index (χ0n) is 11.1. The lowest BCUT2D eigenvalue weighted by atomic mass is 9.69. The first-order valence-electron chi connectivity index (χ1n) is 6.24. The van der Waals surface area contributed by atoms with Crippen LogP contribution in [0, 0.1) is 5.41 Å². The first-order chi connectivity index (χ1) is 8.38. The van der Waals surface area contributed by atoms with Gasteiger partial charge in [0.05, 0.1) is 9.21 Å². The summed E-state index contributed by atoms with van der Waals surface area (Å²) in [7, 11) is 1.64. The number of thiophene rings is 1. The molecule has 1 aromatic heterocycles. The third kappa shape index (κ3) is 2.63. The summed E-state index contributed by atoms with van der Waals surface area (Å²) in [5, 5.41) is 0. The first kappa shape index (κ1) is 14.0. The molecule has 1 fully saturated rings. The fourth-order valence-electron chi connectivity index (χ4n) is 2.52. The SMILES string of the molecule is COC1(C(=O)c2ccc(Cl)s2)CCC(C)(C)CC1. The van der Waals surface area contributed by atoms with Crippen LogP contribution in [0.2, 0.25) is 4.34 Å². The van der Waals surface area contributed by atoms with Crippen LogP contribution >= 0.6 is 22.9 Å². The molecule has 2 nitrogen and oxygen atoms in total. The number of ether oxygens (including phenoxy) is 1. The summed E-state index contributed by atoms with van der Waals surface area (Å²) in [6, 6.07) is 3.57. The van der Waals surface area contributed by atoms with Crippen molar-refractivity contribution in [2.75, 3.05) is 7.11 Å². The smallest absolute Gasteiger partial charge is 0.204 e. The lowest BCUT2D eigenvalue weighted by molar-refractivity contribution is -0.0380. The third-order valence-corrected chi connectivity index (χ3v) is 5.24. The standard InChI is InChI=1S/C14H19ClO2S/c1-13(2)6-8-14(17-3,9-7-13)12(16)10-4-5-11(15)18-10/h4-5H,6-9H2,1-3H3. The van der Waals surface area contributed by atoms with Crippen LogP contribution < -0.4 is 0 Å². The van der Waals surface area contributed by atoms with Gasteiger partial charge < -0.3 is 4.74 Å². The first-order valence-corrected chi connectivity index (χ1v) is 7.43. The minimum absolute atomic E-state index is 0.0948. The Labute approximate surface area is 117 Å². The molecule has 0 radical (unpaired) electrons. The minimum Gasteiger partial charge on any atom is -0.370 e. The Morgan fingerprint density at radius 3 is 2.33 bits per heavy atom. The minimum atomic E-state index is -0.635. The van der Waals surface area contributed by atoms with Gasteiger partial charge in [0.1, 0.15) is 5.60 Å². The van der Waals surface area contributed by atoms with E-state index in [4.69, 9.17) is 16.3 Å². The molecule has 4 heteroatoms. The summed E-state index contributed by atoms with van der Waals surface area (Å²) in [6.45, 7) is 4.50. The number of hydrogen-bond acceptors (Lipinski definition) is 3. The molecule has 100 valence electrons. The molecule has 0 saturated heterocycles. The molecule has 1 heterocycles. The fourth-order valence-corrected chi connectivity index (χ4v) is 3.59. The van der Waals surface area contributed by atoms with Crippen LogP contribution in [0.5, 0.6) is 0 Å². The van der Waals surface area contributed by atoms with E-state index in [1.54, 1.807) is 19.2 Å². The Bertz CT molecular complexity index is 440. The molecule has 1 aromatic rings. The van der Waals surface area contributed by atoms with Gasteiger partial charge in [0.15, 0.2) is 0 Å². The summed E-state index contributed by atoms with van der Waals surface area (Å²) in [5.74, 6) is 0.0948. The highest BCUT2D eigenvalue weighted by atomic mass is 35.5. The summed E-state index contributed by atoms with van der Waals surface area (Å²) < 4.78 is 6.27. The molecule has 0 unspecified atom stereocenters. The highest BCUT2D eigenvalue weighted by molar-refractivity contribution is 7.18. The van der Waals surface area contributed by atoms with E-state index in [9.17, 15) is 4.79 Å². The number of carbonyl (C=O) groups is 1. The van der Waals surface area contributed by atoms with Gasteiger partial charge in [-0.15, -0.1) is 11.3 Å². The quantitative estimate of drug-likeness (QED) is 0.761. The molecule has 0 spiro atoms. The fraction of sp³-hybridized carbons (Fsp3) is 0.643. The van der Waals surface area contributed by atoms with Gasteiger partial charge in [-0.05, 0) is 43.2 Å². The molecule has 0 aromatic carbocycles. The monoisotopic (exact) mass is 286 g/mol. The number of methoxy groups -OCH3 is 1. The summed E-state index contributed by atoms with van der Waals surface area (Å²) >= 11 is 7.24. The zero-order valence-corrected chi connectivity index (χ0v) is 12.7. The van der Waals surface area contributed by atoms with Crippen molar-refractivity contribution < 1.29 is 9.53 Å². The molecule has 1 saturated carbocycles. The molecule has 0 bridgehead atoms. The second-order valence-electron chi connectivity index (χ2n) is 5.80. The second kappa shape index (κ2) is 4.95. The third-order valence-electron chi connectivity index (χ3n) is 4.01. The lowest BCUT2D eigenvalue weighted by Gasteiger charge is -2.41. The van der Waals surface area contributed by atoms with Crippen molar-refractivity contribution in [1.29, 1.82) is 0 Å². The van der Waals surface area contributed by atoms with Gasteiger partial charge in [-0.1, -0.05) is 25.4 Å². The molecule has 0 atom stereocenters. The average molecular weight is 287 g/mol. The predicted molar refractivity (Wildman–Crippen MR) is 75.6 cm³/mol. The number of Topliss-reactive ketones (excluding diaryl/α,β-unsaturated/α-hetero) is 1. The van der Waals surface area contributed by atoms with E-state index in [0.29, 0.717) is 14.6 Å². The Balaban J connectivity index is 2.21. The van der Waals surface area contributed by atoms with E-state index in [1.165, 1.54) is 11.3 Å². The van der Waals surface area contributed by atoms with Crippen LogP contribution in [0.25, 0.3) is 0 Å². The lowest BCUT2D eigenvalue weighted by Crippen LogP contribution is -2.45. The topological polar surface area (TPSA) is 26.3 Å². The van der Waals surface area contributed by atoms with Crippen LogP contribution in [-0.4, -0.2) is 18.5 Å². The van der Waals surface area contributed by atoms with Gasteiger partial charge in [0.25, 0.3) is 0 Å². The second-order valence-corrected chi connectivity index (χ2v) is 7.51. The predicted octanol–water partition coefficient (Wildman–Crippen LogP) is 4.57. The van der Waals surface area contributed by atoms with E-state index < -0.39 is 5.60 Å². The number of ketones is 1. The maximum Gasteiger partial charge on any atom is 0.204 e. The Morgan fingerprint density at radius 1 is 1.28 bits per heavy atom. The van der Waals surface area contributed by atoms with Crippen molar-refractivity contribution in [3.05, 3.63) is 21.3 Å². The highest BCUT2D eigenvalue weighted by Gasteiger charge is 2.44. The van der Waals surface area contributed by atoms with Gasteiger partial charge in [0, 0.05) is 7.11 Å². The Morgan fingerprint density at radius 2 is 1.89 bits per heavy atom. The molecule has 18 heavy (non-hydrogen) atoms. The average Bonchev–Trinajstić information content (AvgIpc) is 2.76. The molecule has 1 aliphatic rings. The van der Waals surface area contributed by atoms with Crippen molar-refractivity contribution >= 4 is 28.7 Å². The van der Waals surface area contributed by atoms with E-state index in [-0.39, 0.29) is 5.78 Å². The molecule has 0 amide bonds. The van der Waals surface area contributed by atoms with Gasteiger partial charge in [-0.3, -0.25) is 4.79 Å². The van der Waals surface area contributed by atoms with Gasteiger partial charge in [-0.2, -0.15) is 0 Å². The zero-order chi connectivity index (χ0) is 13.4. The molecule has 0 N–H and O–H groups in total. The van der Waals surface area contributed by atoms with E-state index in [1.807, 2.05) is 0 Å². The van der Waals surface area contributed by atoms with E-state index in [2.05, 4.69) is 13.8 Å². The van der Waals surface area contributed by atoms with Gasteiger partial charge in [-0.25, -0.2) is 0 Å². The van der Waals surface area contributed by atoms with Crippen molar-refractivity contribution in [2.24, 2.45) is 5.41 Å². The van der Waals surface area contributed by atoms with Crippen molar-refractivity contribution in [3.8, 4) is 0 Å². The van der Waals surface area contributed by atoms with Crippen LogP contribution in [0.3, 0.4) is 0 Å². The van der Waals surface area contributed by atoms with Crippen LogP contribution in [0.15, 0.2) is 12.1 Å². The van der Waals surface area contributed by atoms with Crippen LogP contribution in [0.4, 0.5) is 0 Å². The Kier molecular flexibility index (Phi) is 3.86. The van der Waals surface area contributed by atoms with Crippen molar-refractivity contribution in [3.63, 3.8) is 0 Å². The number of carbonyl (C=O) groups excluding carboxylic acids is 1. The molecular formula is C14H19ClO2S. The molecule has 1 aliphatic carbocycles.